The minimum atomic E-state index is 0.708. The van der Waals surface area contributed by atoms with E-state index in [9.17, 15) is 0 Å². The van der Waals surface area contributed by atoms with Crippen LogP contribution in [0.3, 0.4) is 0 Å². The molecule has 0 spiro atoms. The van der Waals surface area contributed by atoms with Crippen molar-refractivity contribution in [2.75, 3.05) is 6.61 Å². The lowest BCUT2D eigenvalue weighted by atomic mass is 9.90. The Morgan fingerprint density at radius 2 is 1.88 bits per heavy atom. The van der Waals surface area contributed by atoms with E-state index >= 15 is 0 Å². The second-order valence-corrected chi connectivity index (χ2v) is 7.48. The number of rotatable bonds is 6. The van der Waals surface area contributed by atoms with Crippen molar-refractivity contribution >= 4 is 15.9 Å². The maximum absolute atomic E-state index is 6.03. The molecule has 0 aliphatic heterocycles. The summed E-state index contributed by atoms with van der Waals surface area (Å²) in [5.74, 6) is 2.38. The van der Waals surface area contributed by atoms with Gasteiger partial charge >= 0.3 is 0 Å². The summed E-state index contributed by atoms with van der Waals surface area (Å²) in [6.07, 6.45) is 12.7. The molecule has 0 unspecified atom stereocenters. The molecular weight excluding hydrogens is 364 g/mol. The molecule has 24 heavy (non-hydrogen) atoms. The molecule has 0 atom stereocenters. The van der Waals surface area contributed by atoms with Gasteiger partial charge in [-0.3, -0.25) is 0 Å². The first-order chi connectivity index (χ1) is 11.8. The fourth-order valence-corrected chi connectivity index (χ4v) is 3.73. The highest BCUT2D eigenvalue weighted by atomic mass is 79.9. The van der Waals surface area contributed by atoms with E-state index < -0.39 is 0 Å². The summed E-state index contributed by atoms with van der Waals surface area (Å²) < 4.78 is 7.00. The van der Waals surface area contributed by atoms with E-state index in [2.05, 4.69) is 32.8 Å². The second kappa shape index (κ2) is 8.61. The molecule has 1 aromatic carbocycles. The van der Waals surface area contributed by atoms with Gasteiger partial charge in [0.25, 0.3) is 0 Å². The molecule has 4 heteroatoms. The smallest absolute Gasteiger partial charge is 0.159 e. The van der Waals surface area contributed by atoms with E-state index in [0.29, 0.717) is 5.92 Å². The molecule has 1 aromatic heterocycles. The molecule has 0 N–H and O–H groups in total. The van der Waals surface area contributed by atoms with Crippen LogP contribution in [-0.2, 0) is 6.42 Å². The van der Waals surface area contributed by atoms with E-state index in [1.54, 1.807) is 0 Å². The number of hydrogen-bond acceptors (Lipinski definition) is 3. The van der Waals surface area contributed by atoms with Crippen LogP contribution in [0.15, 0.2) is 35.1 Å². The van der Waals surface area contributed by atoms with Crippen molar-refractivity contribution in [2.24, 2.45) is 5.92 Å². The maximum Gasteiger partial charge on any atom is 0.159 e. The lowest BCUT2D eigenvalue weighted by molar-refractivity contribution is 0.208. The van der Waals surface area contributed by atoms with Crippen molar-refractivity contribution in [3.63, 3.8) is 0 Å². The lowest BCUT2D eigenvalue weighted by Crippen LogP contribution is -2.15. The lowest BCUT2D eigenvalue weighted by Gasteiger charge is -2.22. The molecule has 1 fully saturated rings. The van der Waals surface area contributed by atoms with Crippen molar-refractivity contribution in [1.82, 2.24) is 9.97 Å². The van der Waals surface area contributed by atoms with E-state index in [4.69, 9.17) is 4.74 Å². The van der Waals surface area contributed by atoms with Gasteiger partial charge in [0.05, 0.1) is 11.1 Å². The zero-order chi connectivity index (χ0) is 16.8. The van der Waals surface area contributed by atoms with E-state index in [1.165, 1.54) is 37.7 Å². The van der Waals surface area contributed by atoms with Crippen LogP contribution in [0.2, 0.25) is 0 Å². The average Bonchev–Trinajstić information content (AvgIpc) is 2.62. The van der Waals surface area contributed by atoms with Crippen LogP contribution in [0.25, 0.3) is 11.4 Å². The van der Waals surface area contributed by atoms with Gasteiger partial charge in [0.2, 0.25) is 0 Å². The number of ether oxygens (including phenoxy) is 1. The summed E-state index contributed by atoms with van der Waals surface area (Å²) in [6, 6.07) is 6.10. The predicted octanol–water partition coefficient (Wildman–Crippen LogP) is 5.82. The summed E-state index contributed by atoms with van der Waals surface area (Å²) in [5, 5.41) is 0. The standard InChI is InChI=1S/C20H25BrN2O/c1-2-6-16-12-22-20(23-13-16)17-9-10-19(18(21)11-17)24-14-15-7-4-3-5-8-15/h9-13,15H,2-8,14H2,1H3. The Hall–Kier alpha value is -1.42. The highest BCUT2D eigenvalue weighted by molar-refractivity contribution is 9.10. The largest absolute Gasteiger partial charge is 0.492 e. The van der Waals surface area contributed by atoms with Crippen LogP contribution >= 0.6 is 15.9 Å². The predicted molar refractivity (Wildman–Crippen MR) is 101 cm³/mol. The molecule has 0 bridgehead atoms. The van der Waals surface area contributed by atoms with Crippen LogP contribution in [0.5, 0.6) is 5.75 Å². The van der Waals surface area contributed by atoms with Crippen molar-refractivity contribution in [1.29, 1.82) is 0 Å². The number of nitrogens with zero attached hydrogens (tertiary/aromatic N) is 2. The third-order valence-corrected chi connectivity index (χ3v) is 5.25. The van der Waals surface area contributed by atoms with Gasteiger partial charge in [0.15, 0.2) is 5.82 Å². The third-order valence-electron chi connectivity index (χ3n) is 4.63. The third kappa shape index (κ3) is 4.56. The minimum Gasteiger partial charge on any atom is -0.492 e. The van der Waals surface area contributed by atoms with Crippen molar-refractivity contribution < 1.29 is 4.74 Å². The molecule has 3 rings (SSSR count). The molecule has 1 aliphatic rings. The maximum atomic E-state index is 6.03. The summed E-state index contributed by atoms with van der Waals surface area (Å²) in [6.45, 7) is 2.98. The topological polar surface area (TPSA) is 35.0 Å². The molecular formula is C20H25BrN2O. The summed E-state index contributed by atoms with van der Waals surface area (Å²) in [4.78, 5) is 8.97. The second-order valence-electron chi connectivity index (χ2n) is 6.63. The first kappa shape index (κ1) is 17.4. The molecule has 3 nitrogen and oxygen atoms in total. The summed E-state index contributed by atoms with van der Waals surface area (Å²) in [5.41, 5.74) is 2.20. The van der Waals surface area contributed by atoms with Gasteiger partial charge in [-0.2, -0.15) is 0 Å². The average molecular weight is 389 g/mol. The first-order valence-electron chi connectivity index (χ1n) is 9.00. The number of hydrogen-bond donors (Lipinski definition) is 0. The molecule has 0 saturated heterocycles. The van der Waals surface area contributed by atoms with Gasteiger partial charge in [-0.25, -0.2) is 9.97 Å². The van der Waals surface area contributed by atoms with Crippen LogP contribution < -0.4 is 4.74 Å². The first-order valence-corrected chi connectivity index (χ1v) is 9.79. The van der Waals surface area contributed by atoms with Gasteiger partial charge < -0.3 is 4.74 Å². The summed E-state index contributed by atoms with van der Waals surface area (Å²) in [7, 11) is 0. The van der Waals surface area contributed by atoms with Crippen LogP contribution in [0.4, 0.5) is 0 Å². The minimum absolute atomic E-state index is 0.708. The highest BCUT2D eigenvalue weighted by Crippen LogP contribution is 2.31. The monoisotopic (exact) mass is 388 g/mol. The fraction of sp³-hybridized carbons (Fsp3) is 0.500. The van der Waals surface area contributed by atoms with Crippen LogP contribution in [-0.4, -0.2) is 16.6 Å². The van der Waals surface area contributed by atoms with Gasteiger partial charge in [0.1, 0.15) is 5.75 Å². The molecule has 0 radical (unpaired) electrons. The normalized spacial score (nSPS) is 15.4. The van der Waals surface area contributed by atoms with Crippen molar-refractivity contribution in [2.45, 2.75) is 51.9 Å². The van der Waals surface area contributed by atoms with E-state index in [0.717, 1.165) is 41.1 Å². The Kier molecular flexibility index (Phi) is 6.24. The Morgan fingerprint density at radius 1 is 1.12 bits per heavy atom. The van der Waals surface area contributed by atoms with Crippen LogP contribution in [0, 0.1) is 5.92 Å². The number of aromatic nitrogens is 2. The number of halogens is 1. The zero-order valence-corrected chi connectivity index (χ0v) is 15.9. The summed E-state index contributed by atoms with van der Waals surface area (Å²) >= 11 is 3.63. The Bertz CT molecular complexity index is 651. The highest BCUT2D eigenvalue weighted by Gasteiger charge is 2.15. The van der Waals surface area contributed by atoms with Crippen molar-refractivity contribution in [3.05, 3.63) is 40.6 Å². The van der Waals surface area contributed by atoms with Crippen LogP contribution in [0.1, 0.15) is 51.0 Å². The molecule has 0 amide bonds. The Balaban J connectivity index is 1.65. The van der Waals surface area contributed by atoms with Gasteiger partial charge in [-0.15, -0.1) is 0 Å². The Labute approximate surface area is 153 Å². The van der Waals surface area contributed by atoms with Gasteiger partial charge in [-0.05, 0) is 64.9 Å². The quantitative estimate of drug-likeness (QED) is 0.625. The van der Waals surface area contributed by atoms with Gasteiger partial charge in [-0.1, -0.05) is 32.6 Å². The zero-order valence-electron chi connectivity index (χ0n) is 14.3. The number of aryl methyl sites for hydroxylation is 1. The molecule has 1 heterocycles. The fourth-order valence-electron chi connectivity index (χ4n) is 3.24. The van der Waals surface area contributed by atoms with E-state index in [-0.39, 0.29) is 0 Å². The Morgan fingerprint density at radius 3 is 2.54 bits per heavy atom. The van der Waals surface area contributed by atoms with E-state index in [1.807, 2.05) is 30.6 Å². The molecule has 1 saturated carbocycles. The van der Waals surface area contributed by atoms with Gasteiger partial charge in [0, 0.05) is 18.0 Å². The number of benzene rings is 1. The molecule has 128 valence electrons. The van der Waals surface area contributed by atoms with Crippen molar-refractivity contribution in [3.8, 4) is 17.1 Å². The molecule has 2 aromatic rings. The SMILES string of the molecule is CCCc1cnc(-c2ccc(OCC3CCCCC3)c(Br)c2)nc1. The molecule has 1 aliphatic carbocycles.